The van der Waals surface area contributed by atoms with Crippen LogP contribution in [0.3, 0.4) is 0 Å². The van der Waals surface area contributed by atoms with Crippen molar-refractivity contribution in [3.63, 3.8) is 0 Å². The van der Waals surface area contributed by atoms with Crippen LogP contribution in [0.1, 0.15) is 5.69 Å². The van der Waals surface area contributed by atoms with Crippen LogP contribution in [0.25, 0.3) is 50.1 Å². The number of pyridine rings is 2. The average Bonchev–Trinajstić information content (AvgIpc) is 3.63. The summed E-state index contributed by atoms with van der Waals surface area (Å²) in [6.45, 7) is 5.76. The molecule has 0 unspecified atom stereocenters. The number of benzene rings is 2. The number of hydrogen-bond acceptors (Lipinski definition) is 7. The first-order chi connectivity index (χ1) is 18.2. The van der Waals surface area contributed by atoms with E-state index in [2.05, 4.69) is 77.4 Å². The van der Waals surface area contributed by atoms with Crippen molar-refractivity contribution in [2.24, 2.45) is 0 Å². The van der Waals surface area contributed by atoms with E-state index in [1.165, 1.54) is 6.33 Å². The van der Waals surface area contributed by atoms with Crippen LogP contribution >= 0.6 is 0 Å². The molecule has 0 aliphatic carbocycles. The summed E-state index contributed by atoms with van der Waals surface area (Å²) < 4.78 is 2.17. The van der Waals surface area contributed by atoms with Crippen LogP contribution in [0.5, 0.6) is 0 Å². The van der Waals surface area contributed by atoms with E-state index in [1.54, 1.807) is 0 Å². The molecule has 2 N–H and O–H groups in total. The van der Waals surface area contributed by atoms with Crippen LogP contribution in [0.15, 0.2) is 73.4 Å². The second-order valence-electron chi connectivity index (χ2n) is 9.28. The quantitative estimate of drug-likeness (QED) is 0.385. The average molecular weight is 488 g/mol. The highest BCUT2D eigenvalue weighted by molar-refractivity contribution is 5.98. The lowest BCUT2D eigenvalue weighted by Gasteiger charge is -2.29. The van der Waals surface area contributed by atoms with Crippen molar-refractivity contribution < 1.29 is 0 Å². The number of aromatic nitrogens is 7. The molecule has 1 aliphatic rings. The van der Waals surface area contributed by atoms with Crippen molar-refractivity contribution >= 4 is 27.8 Å². The third-order valence-corrected chi connectivity index (χ3v) is 6.93. The number of nitrogens with zero attached hydrogens (tertiary/aromatic N) is 7. The standard InChI is InChI=1S/C28H25N9/c1-18-12-19(6-7-30-18)20-13-22(28-31-16-33-35-28)27-25(14-20)37(17-32-27)24-15-26(36-10-8-29-9-11-36)34-23-5-3-2-4-21(23)24/h2-7,12-17,29H,8-11H2,1H3,(H,31,33,35). The van der Waals surface area contributed by atoms with Gasteiger partial charge in [0, 0.05) is 55.1 Å². The molecule has 2 aromatic carbocycles. The molecule has 4 aromatic heterocycles. The Kier molecular flexibility index (Phi) is 5.14. The number of rotatable bonds is 4. The number of fused-ring (bicyclic) bond motifs is 2. The number of H-pyrrole nitrogens is 1. The van der Waals surface area contributed by atoms with Gasteiger partial charge in [0.15, 0.2) is 5.82 Å². The van der Waals surface area contributed by atoms with E-state index in [0.29, 0.717) is 5.82 Å². The Morgan fingerprint density at radius 3 is 2.62 bits per heavy atom. The number of hydrogen-bond donors (Lipinski definition) is 2. The minimum atomic E-state index is 0.684. The minimum Gasteiger partial charge on any atom is -0.354 e. The molecule has 5 heterocycles. The van der Waals surface area contributed by atoms with Gasteiger partial charge in [-0.05, 0) is 48.4 Å². The number of nitrogens with one attached hydrogen (secondary N) is 2. The fraction of sp³-hybridized carbons (Fsp3) is 0.179. The van der Waals surface area contributed by atoms with E-state index in [0.717, 1.165) is 82.0 Å². The fourth-order valence-electron chi connectivity index (χ4n) is 5.11. The zero-order valence-electron chi connectivity index (χ0n) is 20.4. The molecule has 1 saturated heterocycles. The topological polar surface area (TPSA) is 100 Å². The predicted octanol–water partition coefficient (Wildman–Crippen LogP) is 4.14. The van der Waals surface area contributed by atoms with E-state index in [4.69, 9.17) is 9.97 Å². The molecule has 9 heteroatoms. The smallest absolute Gasteiger partial charge is 0.157 e. The molecule has 0 spiro atoms. The Morgan fingerprint density at radius 1 is 0.892 bits per heavy atom. The van der Waals surface area contributed by atoms with Gasteiger partial charge in [0.05, 0.1) is 22.2 Å². The van der Waals surface area contributed by atoms with Gasteiger partial charge in [0.25, 0.3) is 0 Å². The van der Waals surface area contributed by atoms with E-state index in [9.17, 15) is 0 Å². The van der Waals surface area contributed by atoms with Gasteiger partial charge in [-0.3, -0.25) is 14.6 Å². The first-order valence-corrected chi connectivity index (χ1v) is 12.4. The highest BCUT2D eigenvalue weighted by Gasteiger charge is 2.19. The predicted molar refractivity (Wildman–Crippen MR) is 145 cm³/mol. The molecule has 7 rings (SSSR count). The van der Waals surface area contributed by atoms with Gasteiger partial charge in [-0.1, -0.05) is 18.2 Å². The molecule has 0 saturated carbocycles. The molecule has 0 amide bonds. The molecule has 9 nitrogen and oxygen atoms in total. The maximum Gasteiger partial charge on any atom is 0.157 e. The van der Waals surface area contributed by atoms with E-state index in [1.807, 2.05) is 31.6 Å². The van der Waals surface area contributed by atoms with Crippen LogP contribution in [0.2, 0.25) is 0 Å². The highest BCUT2D eigenvalue weighted by Crippen LogP contribution is 2.35. The van der Waals surface area contributed by atoms with Gasteiger partial charge in [-0.25, -0.2) is 15.0 Å². The summed E-state index contributed by atoms with van der Waals surface area (Å²) in [4.78, 5) is 21.1. The highest BCUT2D eigenvalue weighted by atomic mass is 15.2. The van der Waals surface area contributed by atoms with Crippen molar-refractivity contribution in [3.05, 3.63) is 79.1 Å². The maximum atomic E-state index is 5.02. The van der Waals surface area contributed by atoms with Crippen molar-refractivity contribution in [3.8, 4) is 28.2 Å². The molecular weight excluding hydrogens is 462 g/mol. The number of piperazine rings is 1. The summed E-state index contributed by atoms with van der Waals surface area (Å²) in [5.41, 5.74) is 7.87. The molecule has 6 aromatic rings. The normalized spacial score (nSPS) is 14.0. The zero-order chi connectivity index (χ0) is 24.8. The fourth-order valence-corrected chi connectivity index (χ4v) is 5.11. The Bertz CT molecular complexity index is 1730. The van der Waals surface area contributed by atoms with Gasteiger partial charge in [-0.15, -0.1) is 0 Å². The summed E-state index contributed by atoms with van der Waals surface area (Å²) in [6.07, 6.45) is 5.27. The Hall–Kier alpha value is -4.63. The Labute approximate surface area is 213 Å². The van der Waals surface area contributed by atoms with Crippen LogP contribution in [0.4, 0.5) is 5.82 Å². The van der Waals surface area contributed by atoms with E-state index in [-0.39, 0.29) is 0 Å². The lowest BCUT2D eigenvalue weighted by molar-refractivity contribution is 0.585. The van der Waals surface area contributed by atoms with Crippen LogP contribution in [0, 0.1) is 6.92 Å². The van der Waals surface area contributed by atoms with Gasteiger partial charge in [0.1, 0.15) is 18.5 Å². The Morgan fingerprint density at radius 2 is 1.78 bits per heavy atom. The zero-order valence-corrected chi connectivity index (χ0v) is 20.4. The lowest BCUT2D eigenvalue weighted by Crippen LogP contribution is -2.43. The number of aryl methyl sites for hydroxylation is 1. The molecular formula is C28H25N9. The monoisotopic (exact) mass is 487 g/mol. The lowest BCUT2D eigenvalue weighted by atomic mass is 10.0. The van der Waals surface area contributed by atoms with Gasteiger partial charge < -0.3 is 10.2 Å². The van der Waals surface area contributed by atoms with E-state index >= 15 is 0 Å². The number of aromatic amines is 1. The summed E-state index contributed by atoms with van der Waals surface area (Å²) in [5, 5.41) is 11.6. The molecule has 0 bridgehead atoms. The number of para-hydroxylation sites is 1. The molecule has 37 heavy (non-hydrogen) atoms. The van der Waals surface area contributed by atoms with Gasteiger partial charge in [-0.2, -0.15) is 5.10 Å². The minimum absolute atomic E-state index is 0.684. The first kappa shape index (κ1) is 21.6. The first-order valence-electron chi connectivity index (χ1n) is 12.4. The van der Waals surface area contributed by atoms with Gasteiger partial charge in [0.2, 0.25) is 0 Å². The molecule has 0 atom stereocenters. The van der Waals surface area contributed by atoms with Gasteiger partial charge >= 0.3 is 0 Å². The van der Waals surface area contributed by atoms with Crippen molar-refractivity contribution in [2.75, 3.05) is 31.1 Å². The van der Waals surface area contributed by atoms with Crippen molar-refractivity contribution in [1.82, 2.24) is 40.0 Å². The maximum absolute atomic E-state index is 5.02. The van der Waals surface area contributed by atoms with Crippen molar-refractivity contribution in [1.29, 1.82) is 0 Å². The number of anilines is 1. The van der Waals surface area contributed by atoms with Crippen LogP contribution < -0.4 is 10.2 Å². The molecule has 182 valence electrons. The summed E-state index contributed by atoms with van der Waals surface area (Å²) >= 11 is 0. The third-order valence-electron chi connectivity index (χ3n) is 6.93. The molecule has 1 fully saturated rings. The SMILES string of the molecule is Cc1cc(-c2cc(-c3ncn[nH]3)c3ncn(-c4cc(N5CCNCC5)nc5ccccc45)c3c2)ccn1. The summed E-state index contributed by atoms with van der Waals surface area (Å²) in [7, 11) is 0. The second-order valence-corrected chi connectivity index (χ2v) is 9.28. The second kappa shape index (κ2) is 8.79. The van der Waals surface area contributed by atoms with Crippen LogP contribution in [-0.4, -0.2) is 60.9 Å². The largest absolute Gasteiger partial charge is 0.354 e. The van der Waals surface area contributed by atoms with E-state index < -0.39 is 0 Å². The van der Waals surface area contributed by atoms with Crippen LogP contribution in [-0.2, 0) is 0 Å². The molecule has 1 aliphatic heterocycles. The number of imidazole rings is 1. The molecule has 0 radical (unpaired) electrons. The summed E-state index contributed by atoms with van der Waals surface area (Å²) in [6, 6.07) is 18.9. The summed E-state index contributed by atoms with van der Waals surface area (Å²) in [5.74, 6) is 1.66. The Balaban J connectivity index is 1.49. The van der Waals surface area contributed by atoms with Crippen molar-refractivity contribution in [2.45, 2.75) is 6.92 Å². The third kappa shape index (κ3) is 3.80.